The third-order valence-electron chi connectivity index (χ3n) is 2.79. The monoisotopic (exact) mass is 218 g/mol. The highest BCUT2D eigenvalue weighted by Gasteiger charge is 2.29. The molecule has 1 saturated heterocycles. The minimum atomic E-state index is -0.279. The molecule has 0 radical (unpaired) electrons. The molecule has 0 aromatic heterocycles. The summed E-state index contributed by atoms with van der Waals surface area (Å²) in [6.45, 7) is 4.57. The largest absolute Gasteiger partial charge is 0.390 e. The lowest BCUT2D eigenvalue weighted by molar-refractivity contribution is 0.0445. The van der Waals surface area contributed by atoms with Crippen LogP contribution in [0.4, 0.5) is 0 Å². The number of aliphatic hydroxyl groups is 1. The highest BCUT2D eigenvalue weighted by molar-refractivity contribution is 4.88. The molecule has 0 saturated carbocycles. The van der Waals surface area contributed by atoms with Gasteiger partial charge < -0.3 is 19.9 Å². The fourth-order valence-corrected chi connectivity index (χ4v) is 1.88. The molecule has 2 atom stereocenters. The predicted molar refractivity (Wildman–Crippen MR) is 58.0 cm³/mol. The second-order valence-corrected chi connectivity index (χ2v) is 3.81. The van der Waals surface area contributed by atoms with E-state index in [1.807, 2.05) is 0 Å². The van der Waals surface area contributed by atoms with Crippen LogP contribution in [0.5, 0.6) is 0 Å². The van der Waals surface area contributed by atoms with Gasteiger partial charge in [0.05, 0.1) is 19.3 Å². The van der Waals surface area contributed by atoms with Crippen LogP contribution in [0.3, 0.4) is 0 Å². The number of hydrogen-bond donors (Lipinski definition) is 2. The van der Waals surface area contributed by atoms with Crippen molar-refractivity contribution in [1.82, 2.24) is 10.2 Å². The predicted octanol–water partition coefficient (Wildman–Crippen LogP) is -1.09. The van der Waals surface area contributed by atoms with Crippen molar-refractivity contribution in [3.05, 3.63) is 0 Å². The first-order valence-electron chi connectivity index (χ1n) is 5.40. The normalized spacial score (nSPS) is 26.4. The lowest BCUT2D eigenvalue weighted by Crippen LogP contribution is -2.46. The first-order chi connectivity index (χ1) is 7.29. The third-order valence-corrected chi connectivity index (χ3v) is 2.79. The molecule has 5 heteroatoms. The Hall–Kier alpha value is -0.200. The molecule has 1 aliphatic heterocycles. The molecule has 1 heterocycles. The van der Waals surface area contributed by atoms with E-state index < -0.39 is 0 Å². The number of nitrogens with zero attached hydrogens (tertiary/aromatic N) is 1. The maximum Gasteiger partial charge on any atom is 0.0831 e. The molecule has 0 amide bonds. The molecule has 2 unspecified atom stereocenters. The van der Waals surface area contributed by atoms with E-state index in [0.29, 0.717) is 19.8 Å². The zero-order chi connectivity index (χ0) is 11.1. The van der Waals surface area contributed by atoms with E-state index in [0.717, 1.165) is 19.6 Å². The molecule has 1 rings (SSSR count). The molecule has 0 aliphatic carbocycles. The van der Waals surface area contributed by atoms with E-state index in [1.165, 1.54) is 0 Å². The summed E-state index contributed by atoms with van der Waals surface area (Å²) in [4.78, 5) is 2.22. The van der Waals surface area contributed by atoms with Crippen LogP contribution in [-0.4, -0.2) is 75.8 Å². The van der Waals surface area contributed by atoms with Crippen molar-refractivity contribution in [2.24, 2.45) is 0 Å². The summed E-state index contributed by atoms with van der Waals surface area (Å²) >= 11 is 0. The van der Waals surface area contributed by atoms with Crippen LogP contribution in [0, 0.1) is 0 Å². The molecule has 15 heavy (non-hydrogen) atoms. The van der Waals surface area contributed by atoms with Gasteiger partial charge in [0.15, 0.2) is 0 Å². The van der Waals surface area contributed by atoms with E-state index >= 15 is 0 Å². The standard InChI is InChI=1S/C10H22N2O3/c1-14-5-3-12(4-6-15-2)9-7-11-8-10(9)13/h9-11,13H,3-8H2,1-2H3. The Bertz CT molecular complexity index is 161. The van der Waals surface area contributed by atoms with Crippen LogP contribution >= 0.6 is 0 Å². The second kappa shape index (κ2) is 7.14. The number of nitrogens with one attached hydrogen (secondary N) is 1. The van der Waals surface area contributed by atoms with Gasteiger partial charge in [-0.25, -0.2) is 0 Å². The van der Waals surface area contributed by atoms with Gasteiger partial charge in [-0.15, -0.1) is 0 Å². The minimum Gasteiger partial charge on any atom is -0.390 e. The van der Waals surface area contributed by atoms with E-state index in [4.69, 9.17) is 9.47 Å². The molecule has 90 valence electrons. The Morgan fingerprint density at radius 2 is 1.80 bits per heavy atom. The Kier molecular flexibility index (Phi) is 6.12. The zero-order valence-corrected chi connectivity index (χ0v) is 9.61. The maximum absolute atomic E-state index is 9.77. The summed E-state index contributed by atoms with van der Waals surface area (Å²) in [5, 5.41) is 13.0. The summed E-state index contributed by atoms with van der Waals surface area (Å²) in [5.41, 5.74) is 0. The molecule has 0 bridgehead atoms. The fourth-order valence-electron chi connectivity index (χ4n) is 1.88. The van der Waals surface area contributed by atoms with Crippen molar-refractivity contribution < 1.29 is 14.6 Å². The highest BCUT2D eigenvalue weighted by atomic mass is 16.5. The van der Waals surface area contributed by atoms with E-state index in [9.17, 15) is 5.11 Å². The topological polar surface area (TPSA) is 54.0 Å². The van der Waals surface area contributed by atoms with Crippen LogP contribution in [0.2, 0.25) is 0 Å². The number of ether oxygens (including phenoxy) is 2. The Morgan fingerprint density at radius 1 is 1.20 bits per heavy atom. The lowest BCUT2D eigenvalue weighted by atomic mass is 10.2. The van der Waals surface area contributed by atoms with E-state index in [1.54, 1.807) is 14.2 Å². The fraction of sp³-hybridized carbons (Fsp3) is 1.00. The molecule has 0 aromatic carbocycles. The SMILES string of the molecule is COCCN(CCOC)C1CNCC1O. The van der Waals surface area contributed by atoms with Gasteiger partial charge in [-0.1, -0.05) is 0 Å². The van der Waals surface area contributed by atoms with Crippen molar-refractivity contribution >= 4 is 0 Å². The second-order valence-electron chi connectivity index (χ2n) is 3.81. The zero-order valence-electron chi connectivity index (χ0n) is 9.61. The van der Waals surface area contributed by atoms with Gasteiger partial charge in [0.2, 0.25) is 0 Å². The summed E-state index contributed by atoms with van der Waals surface area (Å²) in [5.74, 6) is 0. The summed E-state index contributed by atoms with van der Waals surface area (Å²) in [6.07, 6.45) is -0.279. The average molecular weight is 218 g/mol. The summed E-state index contributed by atoms with van der Waals surface area (Å²) < 4.78 is 10.1. The Morgan fingerprint density at radius 3 is 2.20 bits per heavy atom. The van der Waals surface area contributed by atoms with Gasteiger partial charge in [0, 0.05) is 46.4 Å². The molecule has 2 N–H and O–H groups in total. The number of methoxy groups -OCH3 is 2. The molecule has 1 fully saturated rings. The van der Waals surface area contributed by atoms with Crippen LogP contribution < -0.4 is 5.32 Å². The molecular weight excluding hydrogens is 196 g/mol. The van der Waals surface area contributed by atoms with Crippen LogP contribution in [0.25, 0.3) is 0 Å². The Balaban J connectivity index is 2.38. The molecule has 5 nitrogen and oxygen atoms in total. The average Bonchev–Trinajstić information content (AvgIpc) is 2.65. The maximum atomic E-state index is 9.77. The van der Waals surface area contributed by atoms with Gasteiger partial charge >= 0.3 is 0 Å². The lowest BCUT2D eigenvalue weighted by Gasteiger charge is -2.29. The first-order valence-corrected chi connectivity index (χ1v) is 5.40. The van der Waals surface area contributed by atoms with Crippen LogP contribution in [0.1, 0.15) is 0 Å². The van der Waals surface area contributed by atoms with Gasteiger partial charge in [0.25, 0.3) is 0 Å². The van der Waals surface area contributed by atoms with Crippen LogP contribution in [0.15, 0.2) is 0 Å². The smallest absolute Gasteiger partial charge is 0.0831 e. The number of hydrogen-bond acceptors (Lipinski definition) is 5. The van der Waals surface area contributed by atoms with Gasteiger partial charge in [-0.3, -0.25) is 4.90 Å². The van der Waals surface area contributed by atoms with E-state index in [2.05, 4.69) is 10.2 Å². The van der Waals surface area contributed by atoms with E-state index in [-0.39, 0.29) is 12.1 Å². The van der Waals surface area contributed by atoms with Crippen molar-refractivity contribution in [3.63, 3.8) is 0 Å². The molecule has 0 spiro atoms. The number of β-amino-alcohol motifs (C(OH)–C–C–N with tert-alkyl or cyclic N) is 1. The quantitative estimate of drug-likeness (QED) is 0.569. The van der Waals surface area contributed by atoms with Gasteiger partial charge in [-0.05, 0) is 0 Å². The van der Waals surface area contributed by atoms with Crippen molar-refractivity contribution in [1.29, 1.82) is 0 Å². The third kappa shape index (κ3) is 4.04. The summed E-state index contributed by atoms with van der Waals surface area (Å²) in [6, 6.07) is 0.190. The molecule has 1 aliphatic rings. The number of rotatable bonds is 7. The van der Waals surface area contributed by atoms with Crippen molar-refractivity contribution in [2.75, 3.05) is 53.6 Å². The minimum absolute atomic E-state index is 0.190. The van der Waals surface area contributed by atoms with Crippen molar-refractivity contribution in [3.8, 4) is 0 Å². The molecular formula is C10H22N2O3. The summed E-state index contributed by atoms with van der Waals surface area (Å²) in [7, 11) is 3.38. The first kappa shape index (κ1) is 12.9. The molecule has 0 aromatic rings. The van der Waals surface area contributed by atoms with Gasteiger partial charge in [-0.2, -0.15) is 0 Å². The highest BCUT2D eigenvalue weighted by Crippen LogP contribution is 2.08. The Labute approximate surface area is 91.3 Å². The van der Waals surface area contributed by atoms with Crippen molar-refractivity contribution in [2.45, 2.75) is 12.1 Å². The number of aliphatic hydroxyl groups excluding tert-OH is 1. The van der Waals surface area contributed by atoms with Gasteiger partial charge in [0.1, 0.15) is 0 Å². The van der Waals surface area contributed by atoms with Crippen LogP contribution in [-0.2, 0) is 9.47 Å².